The summed E-state index contributed by atoms with van der Waals surface area (Å²) in [6, 6.07) is 0.436. The van der Waals surface area contributed by atoms with Crippen molar-refractivity contribution in [3.63, 3.8) is 0 Å². The molecule has 0 saturated carbocycles. The van der Waals surface area contributed by atoms with E-state index in [4.69, 9.17) is 4.52 Å². The van der Waals surface area contributed by atoms with Gasteiger partial charge in [-0.1, -0.05) is 5.16 Å². The third kappa shape index (κ3) is 2.03. The van der Waals surface area contributed by atoms with Crippen LogP contribution in [0.25, 0.3) is 0 Å². The number of aromatic nitrogens is 3. The SMILES string of the molecule is Cc1noc(NCc2cscn2)n1. The third-order valence-electron chi connectivity index (χ3n) is 1.43. The lowest BCUT2D eigenvalue weighted by atomic mass is 10.5. The van der Waals surface area contributed by atoms with E-state index in [2.05, 4.69) is 20.4 Å². The number of hydrogen-bond acceptors (Lipinski definition) is 6. The lowest BCUT2D eigenvalue weighted by molar-refractivity contribution is 0.425. The van der Waals surface area contributed by atoms with Gasteiger partial charge in [0.1, 0.15) is 0 Å². The Bertz CT molecular complexity index is 370. The minimum atomic E-state index is 0.436. The van der Waals surface area contributed by atoms with Crippen molar-refractivity contribution in [1.29, 1.82) is 0 Å². The van der Waals surface area contributed by atoms with Crippen LogP contribution in [-0.2, 0) is 6.54 Å². The molecule has 0 atom stereocenters. The second-order valence-corrected chi connectivity index (χ2v) is 3.20. The van der Waals surface area contributed by atoms with Gasteiger partial charge >= 0.3 is 6.01 Å². The van der Waals surface area contributed by atoms with Crippen molar-refractivity contribution in [2.45, 2.75) is 13.5 Å². The maximum absolute atomic E-state index is 4.87. The van der Waals surface area contributed by atoms with Crippen LogP contribution in [0.5, 0.6) is 0 Å². The van der Waals surface area contributed by atoms with Gasteiger partial charge in [-0.05, 0) is 6.92 Å². The standard InChI is InChI=1S/C7H8N4OS/c1-5-10-7(12-11-5)8-2-6-3-13-4-9-6/h3-4H,2H2,1H3,(H,8,10,11). The summed E-state index contributed by atoms with van der Waals surface area (Å²) in [7, 11) is 0. The molecule has 68 valence electrons. The molecule has 0 amide bonds. The molecule has 2 aromatic rings. The van der Waals surface area contributed by atoms with Crippen LogP contribution in [0.3, 0.4) is 0 Å². The highest BCUT2D eigenvalue weighted by atomic mass is 32.1. The largest absolute Gasteiger partial charge is 0.332 e. The zero-order chi connectivity index (χ0) is 9.10. The predicted molar refractivity (Wildman–Crippen MR) is 48.5 cm³/mol. The van der Waals surface area contributed by atoms with E-state index in [1.165, 1.54) is 0 Å². The average Bonchev–Trinajstić information content (AvgIpc) is 2.71. The van der Waals surface area contributed by atoms with Gasteiger partial charge < -0.3 is 9.84 Å². The molecule has 0 aliphatic heterocycles. The molecule has 13 heavy (non-hydrogen) atoms. The number of hydrogen-bond donors (Lipinski definition) is 1. The first-order valence-corrected chi connectivity index (χ1v) is 4.70. The first-order chi connectivity index (χ1) is 6.34. The van der Waals surface area contributed by atoms with Gasteiger partial charge in [0.05, 0.1) is 17.7 Å². The van der Waals surface area contributed by atoms with E-state index in [1.54, 1.807) is 23.8 Å². The Balaban J connectivity index is 1.93. The molecule has 0 aliphatic carbocycles. The van der Waals surface area contributed by atoms with Crippen LogP contribution >= 0.6 is 11.3 Å². The number of aryl methyl sites for hydroxylation is 1. The first kappa shape index (κ1) is 8.18. The normalized spacial score (nSPS) is 10.2. The fraction of sp³-hybridized carbons (Fsp3) is 0.286. The summed E-state index contributed by atoms with van der Waals surface area (Å²) in [6.07, 6.45) is 0. The molecule has 6 heteroatoms. The van der Waals surface area contributed by atoms with Crippen molar-refractivity contribution in [2.75, 3.05) is 5.32 Å². The molecule has 2 rings (SSSR count). The summed E-state index contributed by atoms with van der Waals surface area (Å²) in [5, 5.41) is 8.59. The molecule has 0 aromatic carbocycles. The van der Waals surface area contributed by atoms with Gasteiger partial charge in [-0.3, -0.25) is 0 Å². The van der Waals surface area contributed by atoms with E-state index in [1.807, 2.05) is 5.38 Å². The maximum atomic E-state index is 4.87. The Hall–Kier alpha value is -1.43. The van der Waals surface area contributed by atoms with Crippen LogP contribution in [0.15, 0.2) is 15.4 Å². The minimum Gasteiger partial charge on any atom is -0.332 e. The van der Waals surface area contributed by atoms with Gasteiger partial charge in [0, 0.05) is 5.38 Å². The molecule has 0 spiro atoms. The van der Waals surface area contributed by atoms with Crippen LogP contribution < -0.4 is 5.32 Å². The summed E-state index contributed by atoms with van der Waals surface area (Å²) in [6.45, 7) is 2.39. The van der Waals surface area contributed by atoms with Gasteiger partial charge in [0.25, 0.3) is 0 Å². The predicted octanol–water partition coefficient (Wildman–Crippen LogP) is 1.45. The van der Waals surface area contributed by atoms with Crippen molar-refractivity contribution in [2.24, 2.45) is 0 Å². The fourth-order valence-electron chi connectivity index (χ4n) is 0.860. The van der Waals surface area contributed by atoms with Crippen molar-refractivity contribution < 1.29 is 4.52 Å². The minimum absolute atomic E-state index is 0.436. The van der Waals surface area contributed by atoms with Crippen LogP contribution in [0.1, 0.15) is 11.5 Å². The Kier molecular flexibility index (Phi) is 2.22. The van der Waals surface area contributed by atoms with Crippen LogP contribution in [-0.4, -0.2) is 15.1 Å². The summed E-state index contributed by atoms with van der Waals surface area (Å²) in [5.41, 5.74) is 2.76. The topological polar surface area (TPSA) is 63.8 Å². The number of anilines is 1. The monoisotopic (exact) mass is 196 g/mol. The van der Waals surface area contributed by atoms with E-state index in [9.17, 15) is 0 Å². The molecule has 0 unspecified atom stereocenters. The van der Waals surface area contributed by atoms with Crippen LogP contribution in [0.4, 0.5) is 6.01 Å². The van der Waals surface area contributed by atoms with Crippen molar-refractivity contribution in [1.82, 2.24) is 15.1 Å². The highest BCUT2D eigenvalue weighted by Crippen LogP contribution is 2.06. The third-order valence-corrected chi connectivity index (χ3v) is 2.07. The van der Waals surface area contributed by atoms with E-state index in [-0.39, 0.29) is 0 Å². The highest BCUT2D eigenvalue weighted by Gasteiger charge is 2.01. The lowest BCUT2D eigenvalue weighted by Crippen LogP contribution is -1.99. The van der Waals surface area contributed by atoms with Crippen molar-refractivity contribution in [3.05, 3.63) is 22.4 Å². The molecule has 0 bridgehead atoms. The lowest BCUT2D eigenvalue weighted by Gasteiger charge is -1.94. The summed E-state index contributed by atoms with van der Waals surface area (Å²) in [5.74, 6) is 0.626. The zero-order valence-electron chi connectivity index (χ0n) is 7.02. The quantitative estimate of drug-likeness (QED) is 0.804. The Morgan fingerprint density at radius 1 is 1.62 bits per heavy atom. The number of thiazole rings is 1. The zero-order valence-corrected chi connectivity index (χ0v) is 7.84. The summed E-state index contributed by atoms with van der Waals surface area (Å²) in [4.78, 5) is 8.10. The van der Waals surface area contributed by atoms with E-state index in [0.29, 0.717) is 18.4 Å². The average molecular weight is 196 g/mol. The second kappa shape index (κ2) is 3.53. The summed E-state index contributed by atoms with van der Waals surface area (Å²) < 4.78 is 4.87. The van der Waals surface area contributed by atoms with Crippen LogP contribution in [0, 0.1) is 6.92 Å². The fourth-order valence-corrected chi connectivity index (χ4v) is 1.42. The van der Waals surface area contributed by atoms with Gasteiger partial charge in [-0.2, -0.15) is 4.98 Å². The molecular formula is C7H8N4OS. The van der Waals surface area contributed by atoms with E-state index in [0.717, 1.165) is 5.69 Å². The Labute approximate surface area is 78.8 Å². The van der Waals surface area contributed by atoms with Crippen molar-refractivity contribution >= 4 is 17.4 Å². The van der Waals surface area contributed by atoms with E-state index >= 15 is 0 Å². The molecule has 2 heterocycles. The number of rotatable bonds is 3. The highest BCUT2D eigenvalue weighted by molar-refractivity contribution is 7.07. The molecule has 0 aliphatic rings. The van der Waals surface area contributed by atoms with Crippen LogP contribution in [0.2, 0.25) is 0 Å². The maximum Gasteiger partial charge on any atom is 0.321 e. The molecule has 2 aromatic heterocycles. The first-order valence-electron chi connectivity index (χ1n) is 3.76. The molecule has 5 nitrogen and oxygen atoms in total. The molecular weight excluding hydrogens is 188 g/mol. The van der Waals surface area contributed by atoms with Gasteiger partial charge in [0.15, 0.2) is 5.82 Å². The second-order valence-electron chi connectivity index (χ2n) is 2.48. The van der Waals surface area contributed by atoms with Gasteiger partial charge in [0.2, 0.25) is 0 Å². The smallest absolute Gasteiger partial charge is 0.321 e. The Morgan fingerprint density at radius 2 is 2.54 bits per heavy atom. The summed E-state index contributed by atoms with van der Waals surface area (Å²) >= 11 is 1.56. The number of nitrogens with zero attached hydrogens (tertiary/aromatic N) is 3. The van der Waals surface area contributed by atoms with Gasteiger partial charge in [-0.25, -0.2) is 4.98 Å². The Morgan fingerprint density at radius 3 is 3.15 bits per heavy atom. The molecule has 0 saturated heterocycles. The van der Waals surface area contributed by atoms with E-state index < -0.39 is 0 Å². The molecule has 0 fully saturated rings. The molecule has 0 radical (unpaired) electrons. The van der Waals surface area contributed by atoms with Gasteiger partial charge in [-0.15, -0.1) is 11.3 Å². The molecule has 1 N–H and O–H groups in total. The van der Waals surface area contributed by atoms with Crippen molar-refractivity contribution in [3.8, 4) is 0 Å². The number of nitrogens with one attached hydrogen (secondary N) is 1.